The van der Waals surface area contributed by atoms with Crippen LogP contribution in [0.4, 0.5) is 0 Å². The Labute approximate surface area is 324 Å². The van der Waals surface area contributed by atoms with E-state index in [1.54, 1.807) is 36.4 Å². The molecule has 0 saturated heterocycles. The summed E-state index contributed by atoms with van der Waals surface area (Å²) in [6, 6.07) is 17.1. The highest BCUT2D eigenvalue weighted by Crippen LogP contribution is 2.36. The van der Waals surface area contributed by atoms with E-state index in [0.717, 1.165) is 36.2 Å². The summed E-state index contributed by atoms with van der Waals surface area (Å²) in [6.07, 6.45) is 4.24. The number of ether oxygens (including phenoxy) is 10. The van der Waals surface area contributed by atoms with Gasteiger partial charge >= 0.3 is 23.9 Å². The first-order valence-electron chi connectivity index (χ1n) is 16.5. The summed E-state index contributed by atoms with van der Waals surface area (Å²) in [6.45, 7) is 14.4. The lowest BCUT2D eigenvalue weighted by Gasteiger charge is -2.14. The molecule has 0 unspecified atom stereocenters. The number of rotatable bonds is 22. The number of methoxy groups -OCH3 is 4. The van der Waals surface area contributed by atoms with Crippen molar-refractivity contribution in [3.8, 4) is 45.3 Å². The lowest BCUT2D eigenvalue weighted by atomic mass is 9.99. The van der Waals surface area contributed by atoms with Crippen LogP contribution < -0.4 is 18.9 Å². The molecule has 0 aromatic heterocycles. The number of carbonyl (C=O) groups excluding carboxylic acids is 4. The summed E-state index contributed by atoms with van der Waals surface area (Å²) in [7, 11) is 5.68. The molecule has 56 heavy (non-hydrogen) atoms. The summed E-state index contributed by atoms with van der Waals surface area (Å²) in [5, 5.41) is 0. The van der Waals surface area contributed by atoms with Crippen LogP contribution in [-0.4, -0.2) is 78.7 Å². The first-order chi connectivity index (χ1) is 26.9. The Bertz CT molecular complexity index is 1850. The smallest absolute Gasteiger partial charge is 0.341 e. The zero-order valence-electron chi connectivity index (χ0n) is 31.5. The number of hydrogen-bond acceptors (Lipinski definition) is 14. The SMILES string of the molecule is C=C(COC)C(=O)O/C=C\Oc1ccc(-c2ccc(-c3ccc(O/C=C\OC(=O)C(=C)COC)c(OC(=O)C(=C)COC)c3)cc2)cc1OC(=O)C(=C)COC. The summed E-state index contributed by atoms with van der Waals surface area (Å²) < 4.78 is 52.1. The van der Waals surface area contributed by atoms with Gasteiger partial charge in [-0.25, -0.2) is 19.2 Å². The van der Waals surface area contributed by atoms with Gasteiger partial charge in [0.15, 0.2) is 23.0 Å². The van der Waals surface area contributed by atoms with Crippen molar-refractivity contribution >= 4 is 23.9 Å². The van der Waals surface area contributed by atoms with Crippen LogP contribution in [0.1, 0.15) is 0 Å². The Morgan fingerprint density at radius 1 is 0.429 bits per heavy atom. The van der Waals surface area contributed by atoms with E-state index in [-0.39, 0.29) is 71.7 Å². The molecule has 0 atom stereocenters. The van der Waals surface area contributed by atoms with Crippen molar-refractivity contribution in [2.45, 2.75) is 0 Å². The maximum atomic E-state index is 12.7. The molecule has 0 radical (unpaired) electrons. The van der Waals surface area contributed by atoms with Crippen LogP contribution in [0.25, 0.3) is 22.3 Å². The van der Waals surface area contributed by atoms with E-state index < -0.39 is 23.9 Å². The van der Waals surface area contributed by atoms with Crippen LogP contribution >= 0.6 is 0 Å². The van der Waals surface area contributed by atoms with Gasteiger partial charge in [-0.3, -0.25) is 0 Å². The van der Waals surface area contributed by atoms with Gasteiger partial charge in [0.05, 0.1) is 48.7 Å². The summed E-state index contributed by atoms with van der Waals surface area (Å²) in [5.41, 5.74) is 3.15. The van der Waals surface area contributed by atoms with Crippen LogP contribution in [0.15, 0.2) is 134 Å². The topological polar surface area (TPSA) is 161 Å². The number of carbonyl (C=O) groups is 4. The van der Waals surface area contributed by atoms with E-state index in [0.29, 0.717) is 11.1 Å². The minimum absolute atomic E-state index is 0.00211. The van der Waals surface area contributed by atoms with Crippen molar-refractivity contribution in [3.63, 3.8) is 0 Å². The average Bonchev–Trinajstić information content (AvgIpc) is 3.19. The van der Waals surface area contributed by atoms with Gasteiger partial charge in [-0.2, -0.15) is 0 Å². The normalized spacial score (nSPS) is 10.8. The van der Waals surface area contributed by atoms with Crippen molar-refractivity contribution in [1.82, 2.24) is 0 Å². The minimum Gasteiger partial charge on any atom is -0.458 e. The third kappa shape index (κ3) is 13.4. The fourth-order valence-electron chi connectivity index (χ4n) is 4.41. The molecule has 0 heterocycles. The molecule has 0 N–H and O–H groups in total. The van der Waals surface area contributed by atoms with Crippen LogP contribution in [0, 0.1) is 0 Å². The molecule has 0 bridgehead atoms. The van der Waals surface area contributed by atoms with Crippen LogP contribution in [-0.2, 0) is 47.6 Å². The largest absolute Gasteiger partial charge is 0.458 e. The second kappa shape index (κ2) is 22.6. The summed E-state index contributed by atoms with van der Waals surface area (Å²) in [5.74, 6) is -2.53. The first-order valence-corrected chi connectivity index (χ1v) is 16.5. The molecule has 0 aliphatic heterocycles. The fourth-order valence-corrected chi connectivity index (χ4v) is 4.41. The van der Waals surface area contributed by atoms with Crippen LogP contribution in [0.3, 0.4) is 0 Å². The molecule has 0 spiro atoms. The third-order valence-corrected chi connectivity index (χ3v) is 7.12. The molecule has 0 aliphatic carbocycles. The lowest BCUT2D eigenvalue weighted by Crippen LogP contribution is -2.14. The quantitative estimate of drug-likeness (QED) is 0.0476. The molecule has 3 aromatic carbocycles. The van der Waals surface area contributed by atoms with Gasteiger partial charge in [0.25, 0.3) is 0 Å². The molecule has 0 aliphatic rings. The molecule has 14 nitrogen and oxygen atoms in total. The maximum Gasteiger partial charge on any atom is 0.341 e. The summed E-state index contributed by atoms with van der Waals surface area (Å²) in [4.78, 5) is 49.4. The van der Waals surface area contributed by atoms with Crippen molar-refractivity contribution in [3.05, 3.63) is 134 Å². The minimum atomic E-state index is -0.741. The Morgan fingerprint density at radius 2 is 0.732 bits per heavy atom. The van der Waals surface area contributed by atoms with Crippen molar-refractivity contribution < 1.29 is 66.5 Å². The second-order valence-electron chi connectivity index (χ2n) is 11.4. The fraction of sp³-hybridized carbons (Fsp3) is 0.190. The number of esters is 4. The predicted molar refractivity (Wildman–Crippen MR) is 204 cm³/mol. The lowest BCUT2D eigenvalue weighted by molar-refractivity contribution is -0.135. The number of benzene rings is 3. The highest BCUT2D eigenvalue weighted by molar-refractivity contribution is 5.91. The zero-order valence-corrected chi connectivity index (χ0v) is 31.5. The van der Waals surface area contributed by atoms with Gasteiger partial charge in [-0.05, 0) is 46.5 Å². The monoisotopic (exact) mass is 770 g/mol. The third-order valence-electron chi connectivity index (χ3n) is 7.12. The first kappa shape index (κ1) is 43.8. The van der Waals surface area contributed by atoms with Gasteiger partial charge in [0.1, 0.15) is 25.0 Å². The standard InChI is InChI=1S/C42H42O14/c1-27(23-47-5)39(43)53-19-17-51-35-15-13-33(21-37(35)55-41(45)29(3)25-49-7)31-9-11-32(12-10-31)34-14-16-36(38(22-34)56-42(46)30(4)26-50-8)52-18-20-54-40(44)28(2)24-48-6/h9-22H,1-4,23-26H2,5-8H3/b19-17-,20-18-. The Balaban J connectivity index is 1.89. The van der Waals surface area contributed by atoms with E-state index in [1.165, 1.54) is 28.4 Å². The van der Waals surface area contributed by atoms with Crippen LogP contribution in [0.2, 0.25) is 0 Å². The van der Waals surface area contributed by atoms with E-state index in [2.05, 4.69) is 26.3 Å². The second-order valence-corrected chi connectivity index (χ2v) is 11.4. The molecule has 294 valence electrons. The molecular weight excluding hydrogens is 728 g/mol. The average molecular weight is 771 g/mol. The van der Waals surface area contributed by atoms with Crippen LogP contribution in [0.5, 0.6) is 23.0 Å². The van der Waals surface area contributed by atoms with Crippen molar-refractivity contribution in [2.75, 3.05) is 54.9 Å². The van der Waals surface area contributed by atoms with E-state index in [4.69, 9.17) is 47.4 Å². The van der Waals surface area contributed by atoms with Gasteiger partial charge < -0.3 is 47.4 Å². The zero-order chi connectivity index (χ0) is 41.0. The van der Waals surface area contributed by atoms with Gasteiger partial charge in [0, 0.05) is 28.4 Å². The summed E-state index contributed by atoms with van der Waals surface area (Å²) >= 11 is 0. The molecule has 14 heteroatoms. The molecule has 3 aromatic rings. The molecular formula is C42H42O14. The maximum absolute atomic E-state index is 12.7. The molecule has 0 saturated carbocycles. The van der Waals surface area contributed by atoms with E-state index in [9.17, 15) is 19.2 Å². The van der Waals surface area contributed by atoms with E-state index in [1.807, 2.05) is 24.3 Å². The highest BCUT2D eigenvalue weighted by Gasteiger charge is 2.18. The predicted octanol–water partition coefficient (Wildman–Crippen LogP) is 6.43. The van der Waals surface area contributed by atoms with Gasteiger partial charge in [-0.15, -0.1) is 0 Å². The van der Waals surface area contributed by atoms with Gasteiger partial charge in [-0.1, -0.05) is 62.7 Å². The Hall–Kier alpha value is -6.58. The molecule has 0 fully saturated rings. The number of hydrogen-bond donors (Lipinski definition) is 0. The van der Waals surface area contributed by atoms with Crippen molar-refractivity contribution in [1.29, 1.82) is 0 Å². The van der Waals surface area contributed by atoms with Crippen molar-refractivity contribution in [2.24, 2.45) is 0 Å². The Kier molecular flexibility index (Phi) is 17.7. The van der Waals surface area contributed by atoms with Gasteiger partial charge in [0.2, 0.25) is 0 Å². The van der Waals surface area contributed by atoms with E-state index >= 15 is 0 Å². The molecule has 0 amide bonds. The Morgan fingerprint density at radius 3 is 1.05 bits per heavy atom. The molecule has 3 rings (SSSR count). The highest BCUT2D eigenvalue weighted by atomic mass is 16.6.